The lowest BCUT2D eigenvalue weighted by Gasteiger charge is -1.99. The first-order valence-electron chi connectivity index (χ1n) is 2.23. The first kappa shape index (κ1) is 9.42. The van der Waals surface area contributed by atoms with E-state index in [9.17, 15) is 9.36 Å². The molecule has 0 aliphatic rings. The Morgan fingerprint density at radius 3 is 2.70 bits per heavy atom. The predicted molar refractivity (Wildman–Crippen MR) is 30.7 cm³/mol. The fraction of sp³-hybridized carbons (Fsp3) is 0.667. The smallest absolute Gasteiger partial charge is 0.438 e. The Morgan fingerprint density at radius 2 is 2.30 bits per heavy atom. The van der Waals surface area contributed by atoms with Gasteiger partial charge in [0.1, 0.15) is 0 Å². The maximum Gasteiger partial charge on any atom is 0.510 e. The summed E-state index contributed by atoms with van der Waals surface area (Å²) >= 11 is 0. The highest BCUT2D eigenvalue weighted by Gasteiger charge is 1.99. The van der Waals surface area contributed by atoms with Crippen molar-refractivity contribution in [2.75, 3.05) is 13.9 Å². The number of hydrogen-bond donors (Lipinski definition) is 1. The molecule has 6 nitrogen and oxygen atoms in total. The zero-order valence-electron chi connectivity index (χ0n) is 5.20. The van der Waals surface area contributed by atoms with Crippen LogP contribution in [0.25, 0.3) is 0 Å². The van der Waals surface area contributed by atoms with Crippen LogP contribution in [0.3, 0.4) is 0 Å². The van der Waals surface area contributed by atoms with E-state index in [1.54, 1.807) is 0 Å². The highest BCUT2D eigenvalue weighted by atomic mass is 31.1. The molecule has 0 radical (unpaired) electrons. The molecule has 0 heterocycles. The zero-order chi connectivity index (χ0) is 7.98. The van der Waals surface area contributed by atoms with E-state index in [1.807, 2.05) is 0 Å². The summed E-state index contributed by atoms with van der Waals surface area (Å²) in [6.45, 7) is -0.568. The van der Waals surface area contributed by atoms with Crippen molar-refractivity contribution >= 4 is 14.4 Å². The third-order valence-electron chi connectivity index (χ3n) is 0.526. The van der Waals surface area contributed by atoms with Gasteiger partial charge in [0.25, 0.3) is 0 Å². The number of carbonyl (C=O) groups is 1. The van der Waals surface area contributed by atoms with Crippen LogP contribution in [-0.4, -0.2) is 25.0 Å². The lowest BCUT2D eigenvalue weighted by atomic mass is 11.3. The van der Waals surface area contributed by atoms with Gasteiger partial charge in [0.05, 0.1) is 7.11 Å². The van der Waals surface area contributed by atoms with E-state index in [1.165, 1.54) is 0 Å². The van der Waals surface area contributed by atoms with E-state index in [0.29, 0.717) is 0 Å². The van der Waals surface area contributed by atoms with Gasteiger partial charge < -0.3 is 14.4 Å². The molecule has 1 atom stereocenters. The number of methoxy groups -OCH3 is 1. The second-order valence-corrected chi connectivity index (χ2v) is 1.95. The van der Waals surface area contributed by atoms with Gasteiger partial charge in [-0.3, -0.25) is 9.09 Å². The van der Waals surface area contributed by atoms with Crippen LogP contribution in [0.15, 0.2) is 0 Å². The molecular weight excluding hydrogens is 163 g/mol. The van der Waals surface area contributed by atoms with E-state index in [0.717, 1.165) is 7.11 Å². The molecule has 0 aromatic heterocycles. The molecular formula is C3H7O6P. The summed E-state index contributed by atoms with van der Waals surface area (Å²) in [5, 5.41) is 0. The van der Waals surface area contributed by atoms with Gasteiger partial charge in [-0.25, -0.2) is 4.79 Å². The maximum absolute atomic E-state index is 10.1. The summed E-state index contributed by atoms with van der Waals surface area (Å²) in [6.07, 6.45) is -0.955. The quantitative estimate of drug-likeness (QED) is 0.368. The highest BCUT2D eigenvalue weighted by Crippen LogP contribution is 2.13. The second kappa shape index (κ2) is 5.22. The number of hydrogen-bond acceptors (Lipinski definition) is 5. The Balaban J connectivity index is 3.20. The Kier molecular flexibility index (Phi) is 4.92. The Morgan fingerprint density at radius 1 is 1.70 bits per heavy atom. The molecule has 0 aliphatic carbocycles. The van der Waals surface area contributed by atoms with Crippen molar-refractivity contribution in [1.82, 2.24) is 0 Å². The molecule has 0 saturated heterocycles. The van der Waals surface area contributed by atoms with Gasteiger partial charge in [-0.2, -0.15) is 0 Å². The maximum atomic E-state index is 10.1. The van der Waals surface area contributed by atoms with E-state index in [-0.39, 0.29) is 0 Å². The summed E-state index contributed by atoms with van der Waals surface area (Å²) < 4.78 is 21.9. The Labute approximate surface area is 57.6 Å². The molecule has 1 unspecified atom stereocenters. The minimum atomic E-state index is -3.02. The van der Waals surface area contributed by atoms with E-state index >= 15 is 0 Å². The second-order valence-electron chi connectivity index (χ2n) is 1.13. The van der Waals surface area contributed by atoms with Crippen molar-refractivity contribution in [3.05, 3.63) is 0 Å². The molecule has 0 rings (SSSR count). The summed E-state index contributed by atoms with van der Waals surface area (Å²) in [5.41, 5.74) is 0. The summed E-state index contributed by atoms with van der Waals surface area (Å²) in [6, 6.07) is 0. The van der Waals surface area contributed by atoms with Crippen LogP contribution in [0.1, 0.15) is 0 Å². The molecule has 0 amide bonds. The van der Waals surface area contributed by atoms with Gasteiger partial charge in [0.15, 0.2) is 0 Å². The van der Waals surface area contributed by atoms with Crippen LogP contribution in [0.2, 0.25) is 0 Å². The standard InChI is InChI=1S/C3H7O6P/c1-7-3(4)8-2-9-10(5)6/h10H,2H2,1H3,(H,5,6). The molecule has 0 spiro atoms. The van der Waals surface area contributed by atoms with Crippen molar-refractivity contribution in [3.63, 3.8) is 0 Å². The molecule has 60 valence electrons. The predicted octanol–water partition coefficient (Wildman–Crippen LogP) is 0.125. The normalized spacial score (nSPS) is 12.2. The van der Waals surface area contributed by atoms with Crippen LogP contribution in [0.4, 0.5) is 4.79 Å². The third kappa shape index (κ3) is 5.55. The Bertz CT molecular complexity index is 133. The minimum absolute atomic E-state index is 0.568. The van der Waals surface area contributed by atoms with Crippen LogP contribution >= 0.6 is 8.25 Å². The highest BCUT2D eigenvalue weighted by molar-refractivity contribution is 7.32. The Hall–Kier alpha value is -0.580. The number of rotatable bonds is 3. The summed E-state index contributed by atoms with van der Waals surface area (Å²) in [7, 11) is -1.91. The molecule has 7 heteroatoms. The van der Waals surface area contributed by atoms with Crippen molar-refractivity contribution in [2.24, 2.45) is 0 Å². The van der Waals surface area contributed by atoms with Gasteiger partial charge in [-0.1, -0.05) is 0 Å². The fourth-order valence-corrected chi connectivity index (χ4v) is 0.347. The first-order chi connectivity index (χ1) is 4.66. The van der Waals surface area contributed by atoms with Gasteiger partial charge >= 0.3 is 14.4 Å². The lowest BCUT2D eigenvalue weighted by Crippen LogP contribution is -2.05. The van der Waals surface area contributed by atoms with Crippen LogP contribution in [-0.2, 0) is 18.6 Å². The monoisotopic (exact) mass is 170 g/mol. The van der Waals surface area contributed by atoms with Crippen LogP contribution in [0.5, 0.6) is 0 Å². The molecule has 10 heavy (non-hydrogen) atoms. The van der Waals surface area contributed by atoms with Gasteiger partial charge in [0, 0.05) is 0 Å². The van der Waals surface area contributed by atoms with Crippen LogP contribution < -0.4 is 0 Å². The molecule has 0 aromatic rings. The van der Waals surface area contributed by atoms with Crippen molar-refractivity contribution < 1.29 is 28.3 Å². The summed E-state index contributed by atoms with van der Waals surface area (Å²) in [5.74, 6) is 0. The largest absolute Gasteiger partial charge is 0.510 e. The number of ether oxygens (including phenoxy) is 2. The van der Waals surface area contributed by atoms with E-state index < -0.39 is 21.2 Å². The van der Waals surface area contributed by atoms with Gasteiger partial charge in [-0.05, 0) is 0 Å². The van der Waals surface area contributed by atoms with Gasteiger partial charge in [0.2, 0.25) is 6.79 Å². The average molecular weight is 170 g/mol. The lowest BCUT2D eigenvalue weighted by molar-refractivity contribution is 0.0143. The average Bonchev–Trinajstić information content (AvgIpc) is 1.87. The zero-order valence-corrected chi connectivity index (χ0v) is 6.20. The topological polar surface area (TPSA) is 82.1 Å². The van der Waals surface area contributed by atoms with E-state index in [2.05, 4.69) is 14.0 Å². The molecule has 1 N–H and O–H groups in total. The van der Waals surface area contributed by atoms with Crippen LogP contribution in [0, 0.1) is 0 Å². The van der Waals surface area contributed by atoms with E-state index in [4.69, 9.17) is 4.89 Å². The van der Waals surface area contributed by atoms with Crippen molar-refractivity contribution in [2.45, 2.75) is 0 Å². The molecule has 0 fully saturated rings. The minimum Gasteiger partial charge on any atom is -0.438 e. The van der Waals surface area contributed by atoms with Crippen molar-refractivity contribution in [1.29, 1.82) is 0 Å². The third-order valence-corrected chi connectivity index (χ3v) is 0.891. The molecule has 0 aromatic carbocycles. The molecule has 0 bridgehead atoms. The van der Waals surface area contributed by atoms with Crippen molar-refractivity contribution in [3.8, 4) is 0 Å². The fourth-order valence-electron chi connectivity index (χ4n) is 0.187. The molecule has 0 aliphatic heterocycles. The SMILES string of the molecule is COC(=O)OCO[PH](=O)O. The summed E-state index contributed by atoms with van der Waals surface area (Å²) in [4.78, 5) is 18.1. The molecule has 0 saturated carbocycles. The first-order valence-corrected chi connectivity index (χ1v) is 3.49. The van der Waals surface area contributed by atoms with Gasteiger partial charge in [-0.15, -0.1) is 0 Å². The number of carbonyl (C=O) groups excluding carboxylic acids is 1.